The van der Waals surface area contributed by atoms with Crippen LogP contribution in [-0.2, 0) is 23.3 Å². The molecule has 0 aliphatic carbocycles. The topological polar surface area (TPSA) is 116 Å². The number of aromatic amines is 1. The lowest BCUT2D eigenvalue weighted by atomic mass is 9.83. The predicted octanol–water partition coefficient (Wildman–Crippen LogP) is 4.36. The van der Waals surface area contributed by atoms with Crippen LogP contribution in [0.15, 0.2) is 71.6 Å². The summed E-state index contributed by atoms with van der Waals surface area (Å²) in [5, 5.41) is 7.17. The molecule has 0 bridgehead atoms. The quantitative estimate of drug-likeness (QED) is 0.325. The standard InChI is InChI=1S/C29H28N6O3/c1-29(2)26-20(19-6-4-5-7-21(19)34-26)15-24(27(36)30-3)35(29)28(37)25-17(10-13-38-25)16-33-18-8-9-22-23(14-18)32-12-11-31-22/h4-14,24,33-34H,15-16H2,1-3H3,(H,30,36). The normalized spacial score (nSPS) is 16.4. The van der Waals surface area contributed by atoms with Gasteiger partial charge in [0.05, 0.1) is 22.8 Å². The maximum atomic E-state index is 14.1. The van der Waals surface area contributed by atoms with Crippen molar-refractivity contribution >= 4 is 39.4 Å². The van der Waals surface area contributed by atoms with E-state index in [0.717, 1.165) is 38.9 Å². The van der Waals surface area contributed by atoms with Gasteiger partial charge in [-0.2, -0.15) is 0 Å². The van der Waals surface area contributed by atoms with Crippen molar-refractivity contribution in [2.45, 2.75) is 38.4 Å². The summed E-state index contributed by atoms with van der Waals surface area (Å²) in [6, 6.07) is 14.8. The van der Waals surface area contributed by atoms with Gasteiger partial charge in [-0.15, -0.1) is 0 Å². The van der Waals surface area contributed by atoms with Crippen molar-refractivity contribution in [2.24, 2.45) is 0 Å². The highest BCUT2D eigenvalue weighted by Crippen LogP contribution is 2.42. The van der Waals surface area contributed by atoms with Crippen LogP contribution in [0, 0.1) is 0 Å². The van der Waals surface area contributed by atoms with Crippen LogP contribution in [0.3, 0.4) is 0 Å². The second-order valence-electron chi connectivity index (χ2n) is 9.98. The van der Waals surface area contributed by atoms with Gasteiger partial charge in [-0.1, -0.05) is 18.2 Å². The Balaban J connectivity index is 1.33. The molecule has 0 fully saturated rings. The number of benzene rings is 2. The molecule has 1 unspecified atom stereocenters. The number of nitrogens with zero attached hydrogens (tertiary/aromatic N) is 3. The lowest BCUT2D eigenvalue weighted by Crippen LogP contribution is -2.60. The lowest BCUT2D eigenvalue weighted by Gasteiger charge is -2.46. The smallest absolute Gasteiger partial charge is 0.291 e. The first-order valence-corrected chi connectivity index (χ1v) is 12.5. The van der Waals surface area contributed by atoms with E-state index < -0.39 is 11.6 Å². The zero-order chi connectivity index (χ0) is 26.4. The molecule has 9 heteroatoms. The second kappa shape index (κ2) is 9.02. The molecule has 0 spiro atoms. The number of hydrogen-bond donors (Lipinski definition) is 3. The largest absolute Gasteiger partial charge is 0.459 e. The number of para-hydroxylation sites is 1. The molecule has 1 aliphatic rings. The maximum absolute atomic E-state index is 14.1. The highest BCUT2D eigenvalue weighted by molar-refractivity contribution is 5.99. The van der Waals surface area contributed by atoms with Crippen molar-refractivity contribution in [2.75, 3.05) is 12.4 Å². The molecule has 6 rings (SSSR count). The van der Waals surface area contributed by atoms with Crippen LogP contribution in [0.25, 0.3) is 21.9 Å². The number of hydrogen-bond acceptors (Lipinski definition) is 6. The fourth-order valence-corrected chi connectivity index (χ4v) is 5.54. The summed E-state index contributed by atoms with van der Waals surface area (Å²) >= 11 is 0. The Morgan fingerprint density at radius 1 is 1.11 bits per heavy atom. The molecule has 1 aliphatic heterocycles. The summed E-state index contributed by atoms with van der Waals surface area (Å²) in [5.41, 5.74) is 5.30. The molecule has 2 amide bonds. The summed E-state index contributed by atoms with van der Waals surface area (Å²) < 4.78 is 5.74. The van der Waals surface area contributed by atoms with E-state index in [9.17, 15) is 9.59 Å². The number of likely N-dealkylation sites (N-methyl/N-ethyl adjacent to an activating group) is 1. The van der Waals surface area contributed by atoms with Crippen molar-refractivity contribution in [1.29, 1.82) is 0 Å². The van der Waals surface area contributed by atoms with Crippen molar-refractivity contribution in [3.63, 3.8) is 0 Å². The van der Waals surface area contributed by atoms with Crippen LogP contribution in [0.4, 0.5) is 5.69 Å². The van der Waals surface area contributed by atoms with E-state index in [0.29, 0.717) is 18.5 Å². The molecule has 3 aromatic heterocycles. The Kier molecular flexibility index (Phi) is 5.63. The Hall–Kier alpha value is -4.66. The number of H-pyrrole nitrogens is 1. The third-order valence-corrected chi connectivity index (χ3v) is 7.40. The Labute approximate surface area is 219 Å². The molecule has 192 valence electrons. The summed E-state index contributed by atoms with van der Waals surface area (Å²) in [6.45, 7) is 4.29. The molecule has 1 atom stereocenters. The zero-order valence-electron chi connectivity index (χ0n) is 21.4. The highest BCUT2D eigenvalue weighted by Gasteiger charge is 2.48. The van der Waals surface area contributed by atoms with Gasteiger partial charge >= 0.3 is 0 Å². The fourth-order valence-electron chi connectivity index (χ4n) is 5.54. The Morgan fingerprint density at radius 2 is 1.89 bits per heavy atom. The molecule has 9 nitrogen and oxygen atoms in total. The summed E-state index contributed by atoms with van der Waals surface area (Å²) in [6.07, 6.45) is 5.23. The van der Waals surface area contributed by atoms with E-state index in [1.165, 1.54) is 6.26 Å². The molecule has 4 heterocycles. The number of fused-ring (bicyclic) bond motifs is 4. The molecule has 3 N–H and O–H groups in total. The van der Waals surface area contributed by atoms with Crippen LogP contribution in [0.5, 0.6) is 0 Å². The first kappa shape index (κ1) is 23.7. The van der Waals surface area contributed by atoms with Crippen molar-refractivity contribution < 1.29 is 14.0 Å². The number of anilines is 1. The van der Waals surface area contributed by atoms with Gasteiger partial charge in [0.15, 0.2) is 5.76 Å². The van der Waals surface area contributed by atoms with E-state index in [4.69, 9.17) is 4.42 Å². The van der Waals surface area contributed by atoms with Gasteiger partial charge in [-0.05, 0) is 49.7 Å². The van der Waals surface area contributed by atoms with Crippen molar-refractivity contribution in [3.8, 4) is 0 Å². The van der Waals surface area contributed by atoms with Gasteiger partial charge in [-0.3, -0.25) is 19.6 Å². The number of carbonyl (C=O) groups excluding carboxylic acids is 2. The van der Waals surface area contributed by atoms with Gasteiger partial charge < -0.3 is 24.9 Å². The van der Waals surface area contributed by atoms with E-state index in [1.54, 1.807) is 30.4 Å². The average molecular weight is 509 g/mol. The minimum absolute atomic E-state index is 0.208. The Morgan fingerprint density at radius 3 is 2.71 bits per heavy atom. The summed E-state index contributed by atoms with van der Waals surface area (Å²) in [7, 11) is 1.60. The van der Waals surface area contributed by atoms with Gasteiger partial charge in [0.25, 0.3) is 5.91 Å². The van der Waals surface area contributed by atoms with Gasteiger partial charge in [0.1, 0.15) is 6.04 Å². The van der Waals surface area contributed by atoms with E-state index in [2.05, 4.69) is 25.6 Å². The molecular formula is C29H28N6O3. The Bertz CT molecular complexity index is 1680. The van der Waals surface area contributed by atoms with Crippen LogP contribution in [-0.4, -0.2) is 44.8 Å². The van der Waals surface area contributed by atoms with Gasteiger partial charge in [0.2, 0.25) is 5.91 Å². The summed E-state index contributed by atoms with van der Waals surface area (Å²) in [5.74, 6) is -0.343. The second-order valence-corrected chi connectivity index (χ2v) is 9.98. The van der Waals surface area contributed by atoms with Crippen LogP contribution in [0.2, 0.25) is 0 Å². The monoisotopic (exact) mass is 508 g/mol. The molecule has 5 aromatic rings. The first-order valence-electron chi connectivity index (χ1n) is 12.5. The fraction of sp³-hybridized carbons (Fsp3) is 0.241. The molecule has 0 radical (unpaired) electrons. The zero-order valence-corrected chi connectivity index (χ0v) is 21.4. The third-order valence-electron chi connectivity index (χ3n) is 7.40. The first-order chi connectivity index (χ1) is 18.4. The average Bonchev–Trinajstić information content (AvgIpc) is 3.56. The molecule has 0 saturated carbocycles. The number of amides is 2. The highest BCUT2D eigenvalue weighted by atomic mass is 16.3. The van der Waals surface area contributed by atoms with E-state index in [-0.39, 0.29) is 17.6 Å². The number of aromatic nitrogens is 3. The van der Waals surface area contributed by atoms with Crippen molar-refractivity contribution in [1.82, 2.24) is 25.2 Å². The maximum Gasteiger partial charge on any atom is 0.291 e. The molecule has 2 aromatic carbocycles. The van der Waals surface area contributed by atoms with Gasteiger partial charge in [-0.25, -0.2) is 0 Å². The minimum Gasteiger partial charge on any atom is -0.459 e. The molecule has 38 heavy (non-hydrogen) atoms. The third kappa shape index (κ3) is 3.78. The number of nitrogens with one attached hydrogen (secondary N) is 3. The number of furan rings is 1. The van der Waals surface area contributed by atoms with Crippen molar-refractivity contribution in [3.05, 3.63) is 89.8 Å². The van der Waals surface area contributed by atoms with Crippen LogP contribution in [0.1, 0.15) is 41.2 Å². The minimum atomic E-state index is -0.796. The predicted molar refractivity (Wildman–Crippen MR) is 145 cm³/mol. The number of carbonyl (C=O) groups is 2. The molecular weight excluding hydrogens is 480 g/mol. The summed E-state index contributed by atoms with van der Waals surface area (Å²) in [4.78, 5) is 41.1. The number of rotatable bonds is 5. The van der Waals surface area contributed by atoms with E-state index >= 15 is 0 Å². The van der Waals surface area contributed by atoms with Gasteiger partial charge in [0, 0.05) is 60.3 Å². The lowest BCUT2D eigenvalue weighted by molar-refractivity contribution is -0.127. The SMILES string of the molecule is CNC(=O)C1Cc2c([nH]c3ccccc23)C(C)(C)N1C(=O)c1occc1CNc1ccc2nccnc2c1. The van der Waals surface area contributed by atoms with E-state index in [1.807, 2.05) is 56.3 Å². The molecule has 0 saturated heterocycles. The van der Waals surface area contributed by atoms with Crippen LogP contribution < -0.4 is 10.6 Å². The van der Waals surface area contributed by atoms with Crippen LogP contribution >= 0.6 is 0 Å².